The number of anilines is 1. The molecule has 1 aromatic rings. The van der Waals surface area contributed by atoms with Gasteiger partial charge in [-0.3, -0.25) is 4.79 Å². The molecule has 25 heavy (non-hydrogen) atoms. The first-order valence-electron chi connectivity index (χ1n) is 7.92. The quantitative estimate of drug-likeness (QED) is 0.808. The summed E-state index contributed by atoms with van der Waals surface area (Å²) in [6, 6.07) is 4.23. The SMILES string of the molecule is CC(C)(C)OC(=O)c1cc(NC(=O)CN)cc(C(=O)OC(C)(C)C)c1. The van der Waals surface area contributed by atoms with Gasteiger partial charge in [-0.15, -0.1) is 0 Å². The molecule has 1 amide bonds. The molecule has 0 saturated carbocycles. The molecular formula is C18H26N2O5. The van der Waals surface area contributed by atoms with Gasteiger partial charge in [-0.1, -0.05) is 0 Å². The molecule has 0 spiro atoms. The molecule has 0 saturated heterocycles. The predicted octanol–water partition coefficient (Wildman–Crippen LogP) is 2.49. The summed E-state index contributed by atoms with van der Waals surface area (Å²) in [7, 11) is 0. The molecule has 138 valence electrons. The maximum atomic E-state index is 12.3. The molecule has 3 N–H and O–H groups in total. The number of hydrogen-bond donors (Lipinski definition) is 2. The van der Waals surface area contributed by atoms with Crippen molar-refractivity contribution in [3.8, 4) is 0 Å². The first-order chi connectivity index (χ1) is 11.3. The zero-order chi connectivity index (χ0) is 19.4. The van der Waals surface area contributed by atoms with Gasteiger partial charge in [0.15, 0.2) is 0 Å². The van der Waals surface area contributed by atoms with Crippen molar-refractivity contribution in [2.45, 2.75) is 52.7 Å². The number of rotatable bonds is 4. The van der Waals surface area contributed by atoms with Gasteiger partial charge in [0.25, 0.3) is 0 Å². The lowest BCUT2D eigenvalue weighted by molar-refractivity contribution is -0.114. The van der Waals surface area contributed by atoms with E-state index in [1.807, 2.05) is 0 Å². The highest BCUT2D eigenvalue weighted by molar-refractivity contribution is 6.00. The third-order valence-electron chi connectivity index (χ3n) is 2.67. The molecule has 7 heteroatoms. The average molecular weight is 350 g/mol. The normalized spacial score (nSPS) is 11.6. The van der Waals surface area contributed by atoms with Crippen LogP contribution < -0.4 is 11.1 Å². The van der Waals surface area contributed by atoms with E-state index < -0.39 is 29.0 Å². The van der Waals surface area contributed by atoms with Crippen molar-refractivity contribution < 1.29 is 23.9 Å². The second-order valence-corrected chi connectivity index (χ2v) is 7.56. The zero-order valence-corrected chi connectivity index (χ0v) is 15.6. The number of nitrogens with two attached hydrogens (primary N) is 1. The molecule has 0 aliphatic heterocycles. The molecule has 0 heterocycles. The third-order valence-corrected chi connectivity index (χ3v) is 2.67. The van der Waals surface area contributed by atoms with Gasteiger partial charge >= 0.3 is 11.9 Å². The number of esters is 2. The van der Waals surface area contributed by atoms with Gasteiger partial charge in [0.2, 0.25) is 5.91 Å². The minimum absolute atomic E-state index is 0.130. The van der Waals surface area contributed by atoms with Gasteiger partial charge in [0.05, 0.1) is 17.7 Å². The van der Waals surface area contributed by atoms with E-state index in [-0.39, 0.29) is 23.4 Å². The molecule has 0 fully saturated rings. The Morgan fingerprint density at radius 3 is 1.60 bits per heavy atom. The summed E-state index contributed by atoms with van der Waals surface area (Å²) >= 11 is 0. The van der Waals surface area contributed by atoms with Crippen molar-refractivity contribution in [1.82, 2.24) is 0 Å². The lowest BCUT2D eigenvalue weighted by Gasteiger charge is -2.21. The lowest BCUT2D eigenvalue weighted by Crippen LogP contribution is -2.26. The van der Waals surface area contributed by atoms with Gasteiger partial charge in [0.1, 0.15) is 11.2 Å². The number of benzene rings is 1. The van der Waals surface area contributed by atoms with Crippen LogP contribution in [0, 0.1) is 0 Å². The fourth-order valence-electron chi connectivity index (χ4n) is 1.82. The number of hydrogen-bond acceptors (Lipinski definition) is 6. The molecule has 0 aliphatic rings. The molecule has 7 nitrogen and oxygen atoms in total. The first-order valence-corrected chi connectivity index (χ1v) is 7.92. The van der Waals surface area contributed by atoms with E-state index in [1.165, 1.54) is 18.2 Å². The van der Waals surface area contributed by atoms with Crippen LogP contribution in [0.25, 0.3) is 0 Å². The number of nitrogens with one attached hydrogen (secondary N) is 1. The van der Waals surface area contributed by atoms with Crippen LogP contribution in [0.15, 0.2) is 18.2 Å². The molecule has 1 rings (SSSR count). The molecule has 0 bridgehead atoms. The van der Waals surface area contributed by atoms with E-state index in [0.29, 0.717) is 0 Å². The number of carbonyl (C=O) groups is 3. The summed E-state index contributed by atoms with van der Waals surface area (Å²) < 4.78 is 10.6. The predicted molar refractivity (Wildman–Crippen MR) is 94.5 cm³/mol. The van der Waals surface area contributed by atoms with Gasteiger partial charge in [-0.2, -0.15) is 0 Å². The molecule has 0 radical (unpaired) electrons. The lowest BCUT2D eigenvalue weighted by atomic mass is 10.1. The van der Waals surface area contributed by atoms with Crippen molar-refractivity contribution in [3.63, 3.8) is 0 Å². The zero-order valence-electron chi connectivity index (χ0n) is 15.6. The Morgan fingerprint density at radius 1 is 0.880 bits per heavy atom. The maximum Gasteiger partial charge on any atom is 0.338 e. The smallest absolute Gasteiger partial charge is 0.338 e. The highest BCUT2D eigenvalue weighted by Gasteiger charge is 2.23. The number of ether oxygens (including phenoxy) is 2. The Morgan fingerprint density at radius 2 is 1.28 bits per heavy atom. The maximum absolute atomic E-state index is 12.3. The molecule has 1 aromatic carbocycles. The van der Waals surface area contributed by atoms with Crippen LogP contribution in [0.4, 0.5) is 5.69 Å². The minimum atomic E-state index is -0.695. The second kappa shape index (κ2) is 7.65. The largest absolute Gasteiger partial charge is 0.456 e. The monoisotopic (exact) mass is 350 g/mol. The molecule has 0 atom stereocenters. The third kappa shape index (κ3) is 7.34. The van der Waals surface area contributed by atoms with Gasteiger partial charge in [-0.25, -0.2) is 9.59 Å². The Hall–Kier alpha value is -2.41. The summed E-state index contributed by atoms with van der Waals surface area (Å²) in [5.74, 6) is -1.67. The van der Waals surface area contributed by atoms with Gasteiger partial charge in [0, 0.05) is 5.69 Å². The molecule has 0 aliphatic carbocycles. The van der Waals surface area contributed by atoms with E-state index in [1.54, 1.807) is 41.5 Å². The van der Waals surface area contributed by atoms with Crippen LogP contribution in [0.2, 0.25) is 0 Å². The summed E-state index contributed by atoms with van der Waals surface area (Å²) in [4.78, 5) is 36.2. The Kier molecular flexibility index (Phi) is 6.31. The number of carbonyl (C=O) groups excluding carboxylic acids is 3. The summed E-state index contributed by atoms with van der Waals surface area (Å²) in [6.45, 7) is 10.2. The summed E-state index contributed by atoms with van der Waals surface area (Å²) in [6.07, 6.45) is 0. The average Bonchev–Trinajstić information content (AvgIpc) is 2.43. The van der Waals surface area contributed by atoms with E-state index in [2.05, 4.69) is 5.32 Å². The first kappa shape index (κ1) is 20.6. The van der Waals surface area contributed by atoms with E-state index in [9.17, 15) is 14.4 Å². The Labute approximate surface area is 147 Å². The highest BCUT2D eigenvalue weighted by Crippen LogP contribution is 2.21. The Balaban J connectivity index is 3.25. The fraction of sp³-hybridized carbons (Fsp3) is 0.500. The summed E-state index contributed by atoms with van der Waals surface area (Å²) in [5, 5.41) is 2.53. The van der Waals surface area contributed by atoms with Crippen LogP contribution in [-0.4, -0.2) is 35.6 Å². The second-order valence-electron chi connectivity index (χ2n) is 7.56. The molecule has 0 aromatic heterocycles. The summed E-state index contributed by atoms with van der Waals surface area (Å²) in [5.41, 5.74) is 4.42. The highest BCUT2D eigenvalue weighted by atomic mass is 16.6. The van der Waals surface area contributed by atoms with Crippen molar-refractivity contribution in [2.75, 3.05) is 11.9 Å². The van der Waals surface area contributed by atoms with Crippen LogP contribution in [0.1, 0.15) is 62.3 Å². The standard InChI is InChI=1S/C18H26N2O5/c1-17(2,3)24-15(22)11-7-12(16(23)25-18(4,5)6)9-13(8-11)20-14(21)10-19/h7-9H,10,19H2,1-6H3,(H,20,21). The van der Waals surface area contributed by atoms with Gasteiger partial charge < -0.3 is 20.5 Å². The van der Waals surface area contributed by atoms with Crippen LogP contribution >= 0.6 is 0 Å². The van der Waals surface area contributed by atoms with Crippen molar-refractivity contribution in [1.29, 1.82) is 0 Å². The van der Waals surface area contributed by atoms with Crippen LogP contribution in [0.5, 0.6) is 0 Å². The van der Waals surface area contributed by atoms with Crippen molar-refractivity contribution >= 4 is 23.5 Å². The Bertz CT molecular complexity index is 623. The van der Waals surface area contributed by atoms with Crippen LogP contribution in [-0.2, 0) is 14.3 Å². The minimum Gasteiger partial charge on any atom is -0.456 e. The molecule has 0 unspecified atom stereocenters. The fourth-order valence-corrected chi connectivity index (χ4v) is 1.82. The van der Waals surface area contributed by atoms with Crippen molar-refractivity contribution in [3.05, 3.63) is 29.3 Å². The topological polar surface area (TPSA) is 108 Å². The molecular weight excluding hydrogens is 324 g/mol. The number of amides is 1. The van der Waals surface area contributed by atoms with Crippen LogP contribution in [0.3, 0.4) is 0 Å². The van der Waals surface area contributed by atoms with Crippen molar-refractivity contribution in [2.24, 2.45) is 5.73 Å². The van der Waals surface area contributed by atoms with E-state index in [0.717, 1.165) is 0 Å². The van der Waals surface area contributed by atoms with E-state index in [4.69, 9.17) is 15.2 Å². The van der Waals surface area contributed by atoms with E-state index >= 15 is 0 Å². The van der Waals surface area contributed by atoms with Gasteiger partial charge in [-0.05, 0) is 59.7 Å².